The maximum atomic E-state index is 12.7. The molecule has 1 aliphatic rings. The predicted octanol–water partition coefficient (Wildman–Crippen LogP) is 0.211. The average Bonchev–Trinajstić information content (AvgIpc) is 2.59. The minimum Gasteiger partial charge on any atom is -0.493 e. The van der Waals surface area contributed by atoms with E-state index in [-0.39, 0.29) is 12.5 Å². The Labute approximate surface area is 133 Å². The number of carboxylic acid groups (broad SMARTS) is 1. The molecule has 2 rings (SSSR count). The van der Waals surface area contributed by atoms with E-state index in [1.54, 1.807) is 12.1 Å². The molecule has 0 saturated carbocycles. The van der Waals surface area contributed by atoms with Crippen molar-refractivity contribution < 1.29 is 28.9 Å². The van der Waals surface area contributed by atoms with Crippen LogP contribution in [0.1, 0.15) is 10.4 Å². The fraction of sp³-hybridized carbons (Fsp3) is 0.467. The van der Waals surface area contributed by atoms with E-state index in [2.05, 4.69) is 5.32 Å². The van der Waals surface area contributed by atoms with Gasteiger partial charge in [0.1, 0.15) is 6.04 Å². The number of piperazine rings is 1. The second-order valence-corrected chi connectivity index (χ2v) is 5.01. The maximum Gasteiger partial charge on any atom is 0.322 e. The van der Waals surface area contributed by atoms with Gasteiger partial charge in [-0.2, -0.15) is 0 Å². The molecule has 0 radical (unpaired) electrons. The third-order valence-electron chi connectivity index (χ3n) is 3.67. The third-order valence-corrected chi connectivity index (χ3v) is 3.67. The first-order valence-corrected chi connectivity index (χ1v) is 7.07. The van der Waals surface area contributed by atoms with Gasteiger partial charge in [0.15, 0.2) is 11.5 Å². The minimum absolute atomic E-state index is 0.102. The molecule has 1 aromatic rings. The smallest absolute Gasteiger partial charge is 0.322 e. The highest BCUT2D eigenvalue weighted by atomic mass is 16.5. The van der Waals surface area contributed by atoms with E-state index in [4.69, 9.17) is 19.3 Å². The highest BCUT2D eigenvalue weighted by Gasteiger charge is 2.29. The molecule has 126 valence electrons. The third kappa shape index (κ3) is 3.48. The summed E-state index contributed by atoms with van der Waals surface area (Å²) < 4.78 is 15.7. The summed E-state index contributed by atoms with van der Waals surface area (Å²) in [7, 11) is 4.42. The SMILES string of the molecule is COc1cc(C(=O)N2CCNC(C(=O)O)C2)cc(OC)c1OC. The molecular formula is C15H20N2O6. The Balaban J connectivity index is 2.30. The molecule has 1 aromatic carbocycles. The number of benzene rings is 1. The van der Waals surface area contributed by atoms with Crippen molar-refractivity contribution in [2.75, 3.05) is 41.0 Å². The van der Waals surface area contributed by atoms with Crippen molar-refractivity contribution in [3.05, 3.63) is 17.7 Å². The zero-order valence-electron chi connectivity index (χ0n) is 13.3. The van der Waals surface area contributed by atoms with Gasteiger partial charge in [-0.3, -0.25) is 9.59 Å². The Hall–Kier alpha value is -2.48. The van der Waals surface area contributed by atoms with Crippen LogP contribution >= 0.6 is 0 Å². The Morgan fingerprint density at radius 2 is 1.78 bits per heavy atom. The zero-order valence-corrected chi connectivity index (χ0v) is 13.3. The van der Waals surface area contributed by atoms with Gasteiger partial charge in [-0.25, -0.2) is 0 Å². The van der Waals surface area contributed by atoms with Crippen molar-refractivity contribution in [3.8, 4) is 17.2 Å². The van der Waals surface area contributed by atoms with Crippen molar-refractivity contribution >= 4 is 11.9 Å². The number of amides is 1. The van der Waals surface area contributed by atoms with E-state index >= 15 is 0 Å². The number of carboxylic acids is 1. The zero-order chi connectivity index (χ0) is 17.0. The van der Waals surface area contributed by atoms with Crippen LogP contribution in [0.15, 0.2) is 12.1 Å². The summed E-state index contributed by atoms with van der Waals surface area (Å²) in [5.74, 6) is -0.111. The lowest BCUT2D eigenvalue weighted by molar-refractivity contribution is -0.140. The van der Waals surface area contributed by atoms with Crippen LogP contribution in [0.3, 0.4) is 0 Å². The lowest BCUT2D eigenvalue weighted by atomic mass is 10.1. The highest BCUT2D eigenvalue weighted by Crippen LogP contribution is 2.38. The summed E-state index contributed by atoms with van der Waals surface area (Å²) in [6.07, 6.45) is 0. The fourth-order valence-corrected chi connectivity index (χ4v) is 2.49. The van der Waals surface area contributed by atoms with Gasteiger partial charge < -0.3 is 29.5 Å². The molecule has 0 aliphatic carbocycles. The molecule has 1 atom stereocenters. The minimum atomic E-state index is -0.979. The van der Waals surface area contributed by atoms with Gasteiger partial charge in [-0.15, -0.1) is 0 Å². The van der Waals surface area contributed by atoms with Crippen LogP contribution in [0.2, 0.25) is 0 Å². The number of aliphatic carboxylic acids is 1. The fourth-order valence-electron chi connectivity index (χ4n) is 2.49. The van der Waals surface area contributed by atoms with Crippen LogP contribution < -0.4 is 19.5 Å². The lowest BCUT2D eigenvalue weighted by Gasteiger charge is -2.31. The second-order valence-electron chi connectivity index (χ2n) is 5.01. The molecular weight excluding hydrogens is 304 g/mol. The van der Waals surface area contributed by atoms with E-state index in [1.807, 2.05) is 0 Å². The summed E-state index contributed by atoms with van der Waals surface area (Å²) in [5.41, 5.74) is 0.352. The Bertz CT molecular complexity index is 579. The van der Waals surface area contributed by atoms with Crippen molar-refractivity contribution in [1.82, 2.24) is 10.2 Å². The van der Waals surface area contributed by atoms with Crippen molar-refractivity contribution in [2.45, 2.75) is 6.04 Å². The van der Waals surface area contributed by atoms with Crippen LogP contribution in [-0.2, 0) is 4.79 Å². The van der Waals surface area contributed by atoms with Gasteiger partial charge in [-0.1, -0.05) is 0 Å². The van der Waals surface area contributed by atoms with E-state index < -0.39 is 12.0 Å². The van der Waals surface area contributed by atoms with Crippen LogP contribution in [0, 0.1) is 0 Å². The van der Waals surface area contributed by atoms with E-state index in [0.717, 1.165) is 0 Å². The van der Waals surface area contributed by atoms with Crippen molar-refractivity contribution in [1.29, 1.82) is 0 Å². The summed E-state index contributed by atoms with van der Waals surface area (Å²) in [6.45, 7) is 0.956. The lowest BCUT2D eigenvalue weighted by Crippen LogP contribution is -2.55. The molecule has 0 aromatic heterocycles. The summed E-state index contributed by atoms with van der Waals surface area (Å²) in [5, 5.41) is 11.9. The molecule has 8 heteroatoms. The van der Waals surface area contributed by atoms with Crippen LogP contribution in [0.25, 0.3) is 0 Å². The predicted molar refractivity (Wildman–Crippen MR) is 81.4 cm³/mol. The Kier molecular flexibility index (Phi) is 5.28. The molecule has 23 heavy (non-hydrogen) atoms. The normalized spacial score (nSPS) is 17.5. The molecule has 1 amide bonds. The monoisotopic (exact) mass is 324 g/mol. The summed E-state index contributed by atoms with van der Waals surface area (Å²) in [4.78, 5) is 25.2. The number of carbonyl (C=O) groups is 2. The highest BCUT2D eigenvalue weighted by molar-refractivity contribution is 5.96. The molecule has 2 N–H and O–H groups in total. The van der Waals surface area contributed by atoms with Gasteiger partial charge >= 0.3 is 5.97 Å². The largest absolute Gasteiger partial charge is 0.493 e. The van der Waals surface area contributed by atoms with E-state index in [0.29, 0.717) is 35.9 Å². The van der Waals surface area contributed by atoms with Gasteiger partial charge in [0.25, 0.3) is 5.91 Å². The molecule has 1 fully saturated rings. The number of hydrogen-bond donors (Lipinski definition) is 2. The molecule has 1 saturated heterocycles. The number of nitrogens with one attached hydrogen (secondary N) is 1. The second kappa shape index (κ2) is 7.19. The molecule has 1 heterocycles. The topological polar surface area (TPSA) is 97.3 Å². The number of methoxy groups -OCH3 is 3. The maximum absolute atomic E-state index is 12.7. The number of ether oxygens (including phenoxy) is 3. The van der Waals surface area contributed by atoms with Crippen LogP contribution in [-0.4, -0.2) is 68.9 Å². The van der Waals surface area contributed by atoms with Gasteiger partial charge in [-0.05, 0) is 12.1 Å². The number of nitrogens with zero attached hydrogens (tertiary/aromatic N) is 1. The first kappa shape index (κ1) is 16.9. The van der Waals surface area contributed by atoms with Crippen molar-refractivity contribution in [3.63, 3.8) is 0 Å². The molecule has 0 bridgehead atoms. The summed E-state index contributed by atoms with van der Waals surface area (Å²) in [6, 6.07) is 2.35. The van der Waals surface area contributed by atoms with E-state index in [9.17, 15) is 9.59 Å². The van der Waals surface area contributed by atoms with Gasteiger partial charge in [0, 0.05) is 25.2 Å². The summed E-state index contributed by atoms with van der Waals surface area (Å²) >= 11 is 0. The number of hydrogen-bond acceptors (Lipinski definition) is 6. The van der Waals surface area contributed by atoms with Crippen molar-refractivity contribution in [2.24, 2.45) is 0 Å². The molecule has 0 spiro atoms. The van der Waals surface area contributed by atoms with Crippen LogP contribution in [0.4, 0.5) is 0 Å². The Morgan fingerprint density at radius 1 is 1.17 bits per heavy atom. The quantitative estimate of drug-likeness (QED) is 0.799. The standard InChI is InChI=1S/C15H20N2O6/c1-21-11-6-9(7-12(22-2)13(11)23-3)14(18)17-5-4-16-10(8-17)15(19)20/h6-7,10,16H,4-5,8H2,1-3H3,(H,19,20). The first-order chi connectivity index (χ1) is 11.0. The molecule has 8 nitrogen and oxygen atoms in total. The average molecular weight is 324 g/mol. The molecule has 1 aliphatic heterocycles. The van der Waals surface area contributed by atoms with Gasteiger partial charge in [0.05, 0.1) is 21.3 Å². The first-order valence-electron chi connectivity index (χ1n) is 7.07. The Morgan fingerprint density at radius 3 is 2.26 bits per heavy atom. The van der Waals surface area contributed by atoms with Gasteiger partial charge in [0.2, 0.25) is 5.75 Å². The number of rotatable bonds is 5. The van der Waals surface area contributed by atoms with E-state index in [1.165, 1.54) is 26.2 Å². The number of carbonyl (C=O) groups excluding carboxylic acids is 1. The molecule has 1 unspecified atom stereocenters. The van der Waals surface area contributed by atoms with Crippen LogP contribution in [0.5, 0.6) is 17.2 Å².